The summed E-state index contributed by atoms with van der Waals surface area (Å²) in [7, 11) is 0. The van der Waals surface area contributed by atoms with Crippen LogP contribution in [0.4, 0.5) is 4.79 Å². The van der Waals surface area contributed by atoms with Crippen molar-refractivity contribution in [2.24, 2.45) is 11.7 Å². The second kappa shape index (κ2) is 6.72. The molecule has 0 aromatic heterocycles. The van der Waals surface area contributed by atoms with Crippen LogP contribution in [0, 0.1) is 5.92 Å². The minimum Gasteiger partial charge on any atom is -0.394 e. The van der Waals surface area contributed by atoms with Gasteiger partial charge in [0.15, 0.2) is 0 Å². The van der Waals surface area contributed by atoms with E-state index in [1.54, 1.807) is 6.92 Å². The van der Waals surface area contributed by atoms with Crippen molar-refractivity contribution >= 4 is 11.9 Å². The van der Waals surface area contributed by atoms with Crippen molar-refractivity contribution in [3.63, 3.8) is 0 Å². The fourth-order valence-corrected chi connectivity index (χ4v) is 2.20. The van der Waals surface area contributed by atoms with Crippen LogP contribution in [0.2, 0.25) is 0 Å². The smallest absolute Gasteiger partial charge is 0.314 e. The third kappa shape index (κ3) is 3.81. The molecule has 1 aliphatic heterocycles. The number of piperidine rings is 1. The Morgan fingerprint density at radius 3 is 2.53 bits per heavy atom. The molecule has 0 spiro atoms. The Kier molecular flexibility index (Phi) is 5.56. The number of aliphatic hydroxyl groups excluding tert-OH is 2. The second-order valence-corrected chi connectivity index (χ2v) is 5.06. The van der Waals surface area contributed by atoms with Gasteiger partial charge in [-0.3, -0.25) is 4.79 Å². The van der Waals surface area contributed by atoms with E-state index < -0.39 is 11.6 Å². The first-order valence-electron chi connectivity index (χ1n) is 6.56. The molecule has 7 nitrogen and oxygen atoms in total. The number of aliphatic hydroxyl groups is 2. The topological polar surface area (TPSA) is 116 Å². The lowest BCUT2D eigenvalue weighted by molar-refractivity contribution is -0.129. The average Bonchev–Trinajstić information content (AvgIpc) is 2.45. The molecule has 0 bridgehead atoms. The molecular formula is C12H23N3O4. The zero-order valence-electron chi connectivity index (χ0n) is 11.3. The molecule has 19 heavy (non-hydrogen) atoms. The Balaban J connectivity index is 2.64. The summed E-state index contributed by atoms with van der Waals surface area (Å²) in [5, 5.41) is 21.3. The second-order valence-electron chi connectivity index (χ2n) is 5.06. The molecule has 1 rings (SSSR count). The molecule has 0 radical (unpaired) electrons. The largest absolute Gasteiger partial charge is 0.394 e. The molecule has 1 unspecified atom stereocenters. The summed E-state index contributed by atoms with van der Waals surface area (Å²) >= 11 is 0. The highest BCUT2D eigenvalue weighted by molar-refractivity contribution is 5.81. The number of primary amides is 1. The van der Waals surface area contributed by atoms with Crippen LogP contribution in [-0.2, 0) is 4.79 Å². The molecule has 1 atom stereocenters. The van der Waals surface area contributed by atoms with Gasteiger partial charge in [0, 0.05) is 13.1 Å². The van der Waals surface area contributed by atoms with E-state index in [4.69, 9.17) is 5.73 Å². The first-order valence-corrected chi connectivity index (χ1v) is 6.56. The molecule has 110 valence electrons. The number of hydrogen-bond acceptors (Lipinski definition) is 4. The Morgan fingerprint density at radius 1 is 1.42 bits per heavy atom. The van der Waals surface area contributed by atoms with Gasteiger partial charge in [-0.25, -0.2) is 4.79 Å². The third-order valence-electron chi connectivity index (χ3n) is 3.77. The van der Waals surface area contributed by atoms with Crippen LogP contribution in [-0.4, -0.2) is 58.9 Å². The molecule has 1 saturated heterocycles. The summed E-state index contributed by atoms with van der Waals surface area (Å²) in [5.41, 5.74) is 4.22. The van der Waals surface area contributed by atoms with Crippen molar-refractivity contribution in [3.05, 3.63) is 0 Å². The van der Waals surface area contributed by atoms with Crippen molar-refractivity contribution in [1.29, 1.82) is 0 Å². The Morgan fingerprint density at radius 2 is 2.05 bits per heavy atom. The van der Waals surface area contributed by atoms with E-state index in [2.05, 4.69) is 5.32 Å². The number of rotatable bonds is 5. The lowest BCUT2D eigenvalue weighted by Crippen LogP contribution is -2.57. The predicted molar refractivity (Wildman–Crippen MR) is 69.2 cm³/mol. The number of nitrogens with zero attached hydrogens (tertiary/aromatic N) is 1. The lowest BCUT2D eigenvalue weighted by Gasteiger charge is -2.35. The van der Waals surface area contributed by atoms with Crippen LogP contribution in [0.15, 0.2) is 0 Å². The van der Waals surface area contributed by atoms with Gasteiger partial charge in [-0.2, -0.15) is 0 Å². The van der Waals surface area contributed by atoms with Gasteiger partial charge in [-0.15, -0.1) is 0 Å². The maximum atomic E-state index is 12.1. The average molecular weight is 273 g/mol. The Bertz CT molecular complexity index is 323. The molecule has 5 N–H and O–H groups in total. The molecule has 3 amide bonds. The quantitative estimate of drug-likeness (QED) is 0.515. The number of urea groups is 1. The van der Waals surface area contributed by atoms with Crippen LogP contribution in [0.1, 0.15) is 26.2 Å². The van der Waals surface area contributed by atoms with Crippen molar-refractivity contribution in [1.82, 2.24) is 10.2 Å². The summed E-state index contributed by atoms with van der Waals surface area (Å²) < 4.78 is 0. The highest BCUT2D eigenvalue weighted by Gasteiger charge is 2.33. The molecule has 0 saturated carbocycles. The maximum Gasteiger partial charge on any atom is 0.314 e. The summed E-state index contributed by atoms with van der Waals surface area (Å²) in [4.78, 5) is 24.7. The number of carbonyl (C=O) groups is 2. The van der Waals surface area contributed by atoms with Crippen LogP contribution < -0.4 is 11.1 Å². The zero-order valence-corrected chi connectivity index (χ0v) is 11.3. The number of nitrogens with two attached hydrogens (primary N) is 1. The highest BCUT2D eigenvalue weighted by Crippen LogP contribution is 2.18. The van der Waals surface area contributed by atoms with Crippen LogP contribution in [0.25, 0.3) is 0 Å². The molecule has 0 aromatic carbocycles. The number of amides is 3. The van der Waals surface area contributed by atoms with Gasteiger partial charge < -0.3 is 26.2 Å². The molecule has 7 heteroatoms. The van der Waals surface area contributed by atoms with Gasteiger partial charge in [-0.1, -0.05) is 6.92 Å². The Hall–Kier alpha value is -1.34. The van der Waals surface area contributed by atoms with Gasteiger partial charge in [0.25, 0.3) is 0 Å². The maximum absolute atomic E-state index is 12.1. The van der Waals surface area contributed by atoms with Crippen LogP contribution >= 0.6 is 0 Å². The highest BCUT2D eigenvalue weighted by atomic mass is 16.3. The number of likely N-dealkylation sites (tertiary alicyclic amines) is 1. The summed E-state index contributed by atoms with van der Waals surface area (Å²) in [6.45, 7) is 2.00. The van der Waals surface area contributed by atoms with Crippen LogP contribution in [0.3, 0.4) is 0 Å². The van der Waals surface area contributed by atoms with Gasteiger partial charge in [0.2, 0.25) is 5.91 Å². The molecule has 1 heterocycles. The normalized spacial score (nSPS) is 20.2. The standard InChI is InChI=1S/C12H23N3O4/c1-2-12(7-16,8-17)14-10(18)9-4-3-5-15(6-9)11(13)19/h9,16-17H,2-8H2,1H3,(H2,13,19)(H,14,18). The third-order valence-corrected chi connectivity index (χ3v) is 3.77. The SMILES string of the molecule is CCC(CO)(CO)NC(=O)C1CCCN(C(N)=O)C1. The molecule has 0 aromatic rings. The lowest BCUT2D eigenvalue weighted by atomic mass is 9.93. The van der Waals surface area contributed by atoms with E-state index >= 15 is 0 Å². The van der Waals surface area contributed by atoms with Crippen LogP contribution in [0.5, 0.6) is 0 Å². The minimum absolute atomic E-state index is 0.254. The van der Waals surface area contributed by atoms with Gasteiger partial charge >= 0.3 is 6.03 Å². The van der Waals surface area contributed by atoms with E-state index in [9.17, 15) is 19.8 Å². The summed E-state index contributed by atoms with van der Waals surface area (Å²) in [6.07, 6.45) is 1.82. The van der Waals surface area contributed by atoms with Gasteiger partial charge in [0.1, 0.15) is 0 Å². The number of nitrogens with one attached hydrogen (secondary N) is 1. The van der Waals surface area contributed by atoms with E-state index in [1.165, 1.54) is 4.90 Å². The number of carbonyl (C=O) groups excluding carboxylic acids is 2. The van der Waals surface area contributed by atoms with Crippen molar-refractivity contribution < 1.29 is 19.8 Å². The van der Waals surface area contributed by atoms with Crippen molar-refractivity contribution in [2.45, 2.75) is 31.7 Å². The fraction of sp³-hybridized carbons (Fsp3) is 0.833. The molecule has 1 fully saturated rings. The summed E-state index contributed by atoms with van der Waals surface area (Å²) in [6, 6.07) is -0.524. The van der Waals surface area contributed by atoms with E-state index in [0.717, 1.165) is 6.42 Å². The van der Waals surface area contributed by atoms with Gasteiger partial charge in [0.05, 0.1) is 24.7 Å². The zero-order chi connectivity index (χ0) is 14.5. The van der Waals surface area contributed by atoms with E-state index in [0.29, 0.717) is 19.4 Å². The Labute approximate surface area is 112 Å². The fourth-order valence-electron chi connectivity index (χ4n) is 2.20. The van der Waals surface area contributed by atoms with Crippen molar-refractivity contribution in [3.8, 4) is 0 Å². The molecular weight excluding hydrogens is 250 g/mol. The predicted octanol–water partition coefficient (Wildman–Crippen LogP) is -0.973. The first kappa shape index (κ1) is 15.7. The van der Waals surface area contributed by atoms with Gasteiger partial charge in [-0.05, 0) is 19.3 Å². The van der Waals surface area contributed by atoms with E-state index in [-0.39, 0.29) is 31.6 Å². The monoisotopic (exact) mass is 273 g/mol. The first-order chi connectivity index (χ1) is 8.98. The minimum atomic E-state index is -0.994. The molecule has 0 aliphatic carbocycles. The number of hydrogen-bond donors (Lipinski definition) is 4. The molecule has 1 aliphatic rings. The van der Waals surface area contributed by atoms with Crippen molar-refractivity contribution in [2.75, 3.05) is 26.3 Å². The van der Waals surface area contributed by atoms with E-state index in [1.807, 2.05) is 0 Å². The summed E-state index contributed by atoms with van der Waals surface area (Å²) in [5.74, 6) is -0.596.